The molecule has 1 unspecified atom stereocenters. The van der Waals surface area contributed by atoms with Crippen LogP contribution < -0.4 is 14.8 Å². The predicted octanol–water partition coefficient (Wildman–Crippen LogP) is 5.03. The fourth-order valence-corrected chi connectivity index (χ4v) is 6.74. The summed E-state index contributed by atoms with van der Waals surface area (Å²) in [5, 5.41) is 13.0. The number of hydrogen-bond acceptors (Lipinski definition) is 11. The van der Waals surface area contributed by atoms with Gasteiger partial charge in [-0.2, -0.15) is 5.10 Å². The van der Waals surface area contributed by atoms with Gasteiger partial charge in [0.25, 0.3) is 5.88 Å². The second kappa shape index (κ2) is 15.0. The smallest absolute Gasteiger partial charge is 0.256 e. The lowest BCUT2D eigenvalue weighted by Crippen LogP contribution is -2.45. The summed E-state index contributed by atoms with van der Waals surface area (Å²) in [4.78, 5) is 15.8. The van der Waals surface area contributed by atoms with E-state index in [1.807, 2.05) is 31.3 Å². The maximum atomic E-state index is 6.47. The van der Waals surface area contributed by atoms with Crippen LogP contribution in [0.1, 0.15) is 45.1 Å². The summed E-state index contributed by atoms with van der Waals surface area (Å²) < 4.78 is 27.3. The first-order valence-electron chi connectivity index (χ1n) is 16.6. The fourth-order valence-electron chi connectivity index (χ4n) is 6.58. The van der Waals surface area contributed by atoms with Crippen LogP contribution in [0, 0.1) is 5.92 Å². The molecule has 47 heavy (non-hydrogen) atoms. The lowest BCUT2D eigenvalue weighted by molar-refractivity contribution is 0.00502. The van der Waals surface area contributed by atoms with E-state index in [0.29, 0.717) is 53.8 Å². The van der Waals surface area contributed by atoms with Crippen LogP contribution in [0.2, 0.25) is 5.02 Å². The first kappa shape index (κ1) is 31.8. The Morgan fingerprint density at radius 2 is 1.81 bits per heavy atom. The molecule has 3 aliphatic rings. The van der Waals surface area contributed by atoms with Gasteiger partial charge in [0.1, 0.15) is 30.2 Å². The number of hydrogen-bond donors (Lipinski definition) is 1. The van der Waals surface area contributed by atoms with Gasteiger partial charge in [0.2, 0.25) is 5.95 Å². The average molecular weight is 664 g/mol. The largest absolute Gasteiger partial charge is 0.487 e. The Balaban J connectivity index is 1.03. The van der Waals surface area contributed by atoms with Crippen molar-refractivity contribution in [2.45, 2.75) is 63.8 Å². The highest BCUT2D eigenvalue weighted by molar-refractivity contribution is 6.32. The number of anilines is 2. The Bertz CT molecular complexity index is 1570. The summed E-state index contributed by atoms with van der Waals surface area (Å²) >= 11 is 6.47. The Labute approximate surface area is 279 Å². The molecule has 2 aliphatic heterocycles. The van der Waals surface area contributed by atoms with E-state index in [2.05, 4.69) is 34.9 Å². The van der Waals surface area contributed by atoms with Gasteiger partial charge in [0.05, 0.1) is 50.2 Å². The van der Waals surface area contributed by atoms with Crippen molar-refractivity contribution in [2.75, 3.05) is 51.4 Å². The van der Waals surface area contributed by atoms with E-state index in [0.717, 1.165) is 88.4 Å². The standard InChI is InChI=1S/C33H42ClN9O4/c1-23(17-42-22-35-21-38-42)47-31-14-25(2-7-29(31)34)26-15-36-33(37-16-26)39-30-18-43(40-32(30)46-20-24-8-11-45-19-24)28-5-3-27(4-6-28)41-9-12-44-13-10-41/h2,7,14-16,18,21-24,27-28H,3-6,8-13,17,19-20H2,1H3,(H,36,37,39)/t23-,24?,27?,28?/m0/s1. The van der Waals surface area contributed by atoms with Crippen molar-refractivity contribution in [1.29, 1.82) is 0 Å². The van der Waals surface area contributed by atoms with E-state index in [-0.39, 0.29) is 6.10 Å². The van der Waals surface area contributed by atoms with Crippen LogP contribution in [-0.2, 0) is 16.0 Å². The van der Waals surface area contributed by atoms with Crippen LogP contribution in [0.3, 0.4) is 0 Å². The summed E-state index contributed by atoms with van der Waals surface area (Å²) in [7, 11) is 0. The van der Waals surface area contributed by atoms with Crippen LogP contribution in [0.4, 0.5) is 11.6 Å². The second-order valence-corrected chi connectivity index (χ2v) is 13.0. The second-order valence-electron chi connectivity index (χ2n) is 12.6. The molecule has 1 saturated carbocycles. The summed E-state index contributed by atoms with van der Waals surface area (Å²) in [6, 6.07) is 6.60. The number of morpholine rings is 1. The average Bonchev–Trinajstić information content (AvgIpc) is 3.89. The molecular formula is C33H42ClN9O4. The van der Waals surface area contributed by atoms with Crippen molar-refractivity contribution in [3.8, 4) is 22.8 Å². The van der Waals surface area contributed by atoms with Gasteiger partial charge >= 0.3 is 0 Å². The van der Waals surface area contributed by atoms with Crippen LogP contribution in [0.5, 0.6) is 11.6 Å². The minimum absolute atomic E-state index is 0.161. The maximum Gasteiger partial charge on any atom is 0.256 e. The molecule has 0 bridgehead atoms. The monoisotopic (exact) mass is 663 g/mol. The molecule has 13 nitrogen and oxygen atoms in total. The molecule has 2 saturated heterocycles. The van der Waals surface area contributed by atoms with Crippen LogP contribution in [0.25, 0.3) is 11.1 Å². The number of halogens is 1. The van der Waals surface area contributed by atoms with Crippen LogP contribution in [-0.4, -0.2) is 97.7 Å². The highest BCUT2D eigenvalue weighted by atomic mass is 35.5. The van der Waals surface area contributed by atoms with Crippen molar-refractivity contribution in [3.63, 3.8) is 0 Å². The predicted molar refractivity (Wildman–Crippen MR) is 176 cm³/mol. The van der Waals surface area contributed by atoms with Crippen molar-refractivity contribution < 1.29 is 18.9 Å². The minimum atomic E-state index is -0.161. The van der Waals surface area contributed by atoms with Gasteiger partial charge in [0.15, 0.2) is 0 Å². The maximum absolute atomic E-state index is 6.47. The third-order valence-corrected chi connectivity index (χ3v) is 9.49. The van der Waals surface area contributed by atoms with Gasteiger partial charge in [-0.3, -0.25) is 9.58 Å². The molecule has 4 aromatic rings. The molecule has 14 heteroatoms. The molecule has 0 amide bonds. The lowest BCUT2D eigenvalue weighted by Gasteiger charge is -2.38. The molecule has 5 heterocycles. The van der Waals surface area contributed by atoms with Gasteiger partial charge in [-0.25, -0.2) is 19.6 Å². The van der Waals surface area contributed by atoms with Crippen molar-refractivity contribution >= 4 is 23.2 Å². The first-order chi connectivity index (χ1) is 23.1. The molecule has 0 spiro atoms. The third-order valence-electron chi connectivity index (χ3n) is 9.18. The van der Waals surface area contributed by atoms with Crippen LogP contribution in [0.15, 0.2) is 49.4 Å². The van der Waals surface area contributed by atoms with E-state index in [1.165, 1.54) is 6.33 Å². The van der Waals surface area contributed by atoms with Gasteiger partial charge in [-0.1, -0.05) is 17.7 Å². The van der Waals surface area contributed by atoms with Gasteiger partial charge in [-0.05, 0) is 56.7 Å². The number of nitrogens with zero attached hydrogens (tertiary/aromatic N) is 8. The molecule has 2 atom stereocenters. The lowest BCUT2D eigenvalue weighted by atomic mass is 9.90. The van der Waals surface area contributed by atoms with Gasteiger partial charge in [-0.15, -0.1) is 5.10 Å². The Morgan fingerprint density at radius 3 is 2.55 bits per heavy atom. The summed E-state index contributed by atoms with van der Waals surface area (Å²) in [5.74, 6) is 1.98. The number of nitrogens with one attached hydrogen (secondary N) is 1. The van der Waals surface area contributed by atoms with Crippen LogP contribution >= 0.6 is 11.6 Å². The Morgan fingerprint density at radius 1 is 1.00 bits per heavy atom. The molecule has 1 aromatic carbocycles. The topological polar surface area (TPSA) is 126 Å². The Hall–Kier alpha value is -3.78. The molecule has 7 rings (SSSR count). The number of ether oxygens (including phenoxy) is 4. The molecule has 3 aromatic heterocycles. The highest BCUT2D eigenvalue weighted by Gasteiger charge is 2.29. The zero-order valence-corrected chi connectivity index (χ0v) is 27.5. The molecule has 0 radical (unpaired) electrons. The van der Waals surface area contributed by atoms with Gasteiger partial charge in [0, 0.05) is 49.6 Å². The van der Waals surface area contributed by atoms with E-state index in [1.54, 1.807) is 23.4 Å². The normalized spacial score (nSPS) is 22.6. The number of aromatic nitrogens is 7. The van der Waals surface area contributed by atoms with Gasteiger partial charge < -0.3 is 24.3 Å². The molecule has 3 fully saturated rings. The van der Waals surface area contributed by atoms with E-state index < -0.39 is 0 Å². The van der Waals surface area contributed by atoms with Crippen molar-refractivity contribution in [1.82, 2.24) is 39.4 Å². The molecule has 250 valence electrons. The summed E-state index contributed by atoms with van der Waals surface area (Å²) in [6.07, 6.45) is 14.1. The van der Waals surface area contributed by atoms with E-state index >= 15 is 0 Å². The van der Waals surface area contributed by atoms with E-state index in [9.17, 15) is 0 Å². The van der Waals surface area contributed by atoms with Crippen molar-refractivity contribution in [3.05, 3.63) is 54.5 Å². The third kappa shape index (κ3) is 8.03. The SMILES string of the molecule is C[C@@H](Cn1cncn1)Oc1cc(-c2cnc(Nc3cn(C4CCC(N5CCOCC5)CC4)nc3OCC3CCOC3)nc2)ccc1Cl. The number of benzene rings is 1. The summed E-state index contributed by atoms with van der Waals surface area (Å²) in [6.45, 7) is 8.32. The number of rotatable bonds is 12. The van der Waals surface area contributed by atoms with Crippen molar-refractivity contribution in [2.24, 2.45) is 5.92 Å². The fraction of sp³-hybridized carbons (Fsp3) is 0.545. The molecular weight excluding hydrogens is 622 g/mol. The zero-order chi connectivity index (χ0) is 32.0. The molecule has 1 aliphatic carbocycles. The summed E-state index contributed by atoms with van der Waals surface area (Å²) in [5.41, 5.74) is 2.49. The van der Waals surface area contributed by atoms with E-state index in [4.69, 9.17) is 35.6 Å². The quantitative estimate of drug-likeness (QED) is 0.219. The Kier molecular flexibility index (Phi) is 10.1. The minimum Gasteiger partial charge on any atom is -0.487 e. The zero-order valence-electron chi connectivity index (χ0n) is 26.7. The molecule has 1 N–H and O–H groups in total. The first-order valence-corrected chi connectivity index (χ1v) is 16.9. The highest BCUT2D eigenvalue weighted by Crippen LogP contribution is 2.36.